The fraction of sp³-hybridized carbons (Fsp3) is 0.348. The monoisotopic (exact) mass is 350 g/mol. The molecule has 0 N–H and O–H groups in total. The number of hydrogen-bond acceptors (Lipinski definition) is 3. The lowest BCUT2D eigenvalue weighted by Gasteiger charge is -2.25. The summed E-state index contributed by atoms with van der Waals surface area (Å²) in [7, 11) is 0. The molecular weight excluding hydrogens is 324 g/mol. The molecule has 0 radical (unpaired) electrons. The zero-order chi connectivity index (χ0) is 18.4. The quantitative estimate of drug-likeness (QED) is 0.495. The Labute approximate surface area is 155 Å². The molecule has 0 amide bonds. The zero-order valence-corrected chi connectivity index (χ0v) is 15.4. The largest absolute Gasteiger partial charge is 0.494 e. The number of carbonyl (C=O) groups is 1. The van der Waals surface area contributed by atoms with Crippen LogP contribution in [0.3, 0.4) is 0 Å². The van der Waals surface area contributed by atoms with E-state index in [1.807, 2.05) is 12.1 Å². The summed E-state index contributed by atoms with van der Waals surface area (Å²) in [5.74, 6) is 2.23. The smallest absolute Gasteiger partial charge is 0.185 e. The summed E-state index contributed by atoms with van der Waals surface area (Å²) in [6, 6.07) is 13.7. The Bertz CT molecular complexity index is 762. The molecule has 0 saturated heterocycles. The molecule has 0 spiro atoms. The molecule has 0 aliphatic heterocycles. The van der Waals surface area contributed by atoms with Crippen molar-refractivity contribution in [1.82, 2.24) is 0 Å². The van der Waals surface area contributed by atoms with E-state index in [4.69, 9.17) is 9.47 Å². The highest BCUT2D eigenvalue weighted by molar-refractivity contribution is 6.04. The normalized spacial score (nSPS) is 15.8. The minimum atomic E-state index is -0.0669. The van der Waals surface area contributed by atoms with Crippen molar-refractivity contribution in [3.05, 3.63) is 71.8 Å². The Morgan fingerprint density at radius 1 is 1.12 bits per heavy atom. The molecule has 1 unspecified atom stereocenters. The van der Waals surface area contributed by atoms with Crippen LogP contribution in [0.1, 0.15) is 41.3 Å². The Morgan fingerprint density at radius 3 is 2.62 bits per heavy atom. The van der Waals surface area contributed by atoms with Crippen molar-refractivity contribution < 1.29 is 14.3 Å². The van der Waals surface area contributed by atoms with Gasteiger partial charge in [-0.05, 0) is 85.2 Å². The molecule has 0 heterocycles. The third kappa shape index (κ3) is 4.54. The van der Waals surface area contributed by atoms with E-state index in [2.05, 4.69) is 31.7 Å². The van der Waals surface area contributed by atoms with Crippen molar-refractivity contribution in [3.63, 3.8) is 0 Å². The van der Waals surface area contributed by atoms with E-state index >= 15 is 0 Å². The van der Waals surface area contributed by atoms with Gasteiger partial charge >= 0.3 is 0 Å². The molecule has 26 heavy (non-hydrogen) atoms. The number of benzene rings is 2. The summed E-state index contributed by atoms with van der Waals surface area (Å²) in [4.78, 5) is 11.6. The highest BCUT2D eigenvalue weighted by atomic mass is 16.5. The molecule has 0 saturated carbocycles. The van der Waals surface area contributed by atoms with Crippen molar-refractivity contribution in [2.45, 2.75) is 32.6 Å². The van der Waals surface area contributed by atoms with Gasteiger partial charge < -0.3 is 9.47 Å². The molecule has 1 atom stereocenters. The topological polar surface area (TPSA) is 35.5 Å². The standard InChI is InChI=1S/C23H26O3/c1-3-13-25-22-12-9-19-14-17(5-6-20(19)15-22)16-26-21-10-7-18(8-11-21)23(24)4-2/h4,7-12,15,17H,2-3,5-6,13-14,16H2,1H3. The van der Waals surface area contributed by atoms with Gasteiger partial charge in [-0.2, -0.15) is 0 Å². The van der Waals surface area contributed by atoms with E-state index in [0.29, 0.717) is 18.1 Å². The number of rotatable bonds is 8. The average molecular weight is 350 g/mol. The number of allylic oxidation sites excluding steroid dienone is 1. The molecular formula is C23H26O3. The maximum Gasteiger partial charge on any atom is 0.185 e. The maximum atomic E-state index is 11.6. The van der Waals surface area contributed by atoms with Crippen LogP contribution in [0.2, 0.25) is 0 Å². The summed E-state index contributed by atoms with van der Waals surface area (Å²) in [5.41, 5.74) is 3.45. The lowest BCUT2D eigenvalue weighted by atomic mass is 9.84. The number of carbonyl (C=O) groups excluding carboxylic acids is 1. The van der Waals surface area contributed by atoms with Crippen molar-refractivity contribution in [2.24, 2.45) is 5.92 Å². The number of ether oxygens (including phenoxy) is 2. The number of hydrogen-bond donors (Lipinski definition) is 0. The zero-order valence-electron chi connectivity index (χ0n) is 15.4. The van der Waals surface area contributed by atoms with Gasteiger partial charge in [0.1, 0.15) is 11.5 Å². The van der Waals surface area contributed by atoms with Gasteiger partial charge in [0.2, 0.25) is 0 Å². The highest BCUT2D eigenvalue weighted by Crippen LogP contribution is 2.29. The second kappa shape index (κ2) is 8.70. The van der Waals surface area contributed by atoms with E-state index in [1.54, 1.807) is 12.1 Å². The molecule has 2 aromatic carbocycles. The van der Waals surface area contributed by atoms with Crippen LogP contribution in [0.15, 0.2) is 55.1 Å². The van der Waals surface area contributed by atoms with Crippen LogP contribution in [0.25, 0.3) is 0 Å². The number of ketones is 1. The van der Waals surface area contributed by atoms with E-state index in [1.165, 1.54) is 17.2 Å². The van der Waals surface area contributed by atoms with Crippen LogP contribution >= 0.6 is 0 Å². The van der Waals surface area contributed by atoms with E-state index < -0.39 is 0 Å². The van der Waals surface area contributed by atoms with Gasteiger partial charge in [0, 0.05) is 5.56 Å². The van der Waals surface area contributed by atoms with Crippen molar-refractivity contribution in [1.29, 1.82) is 0 Å². The van der Waals surface area contributed by atoms with E-state index in [-0.39, 0.29) is 5.78 Å². The van der Waals surface area contributed by atoms with Crippen LogP contribution in [0.4, 0.5) is 0 Å². The van der Waals surface area contributed by atoms with Crippen molar-refractivity contribution in [3.8, 4) is 11.5 Å². The van der Waals surface area contributed by atoms with Crippen molar-refractivity contribution in [2.75, 3.05) is 13.2 Å². The summed E-state index contributed by atoms with van der Waals surface area (Å²) < 4.78 is 11.7. The molecule has 0 fully saturated rings. The van der Waals surface area contributed by atoms with Gasteiger partial charge in [0.05, 0.1) is 13.2 Å². The molecule has 1 aliphatic rings. The van der Waals surface area contributed by atoms with Crippen LogP contribution in [0, 0.1) is 5.92 Å². The molecule has 3 rings (SSSR count). The summed E-state index contributed by atoms with van der Waals surface area (Å²) in [5, 5.41) is 0. The maximum absolute atomic E-state index is 11.6. The lowest BCUT2D eigenvalue weighted by molar-refractivity contribution is 0.104. The highest BCUT2D eigenvalue weighted by Gasteiger charge is 2.20. The third-order valence-electron chi connectivity index (χ3n) is 4.79. The van der Waals surface area contributed by atoms with Crippen LogP contribution < -0.4 is 9.47 Å². The Hall–Kier alpha value is -2.55. The molecule has 3 nitrogen and oxygen atoms in total. The SMILES string of the molecule is C=CC(=O)c1ccc(OCC2CCc3cc(OCCC)ccc3C2)cc1. The molecule has 0 bridgehead atoms. The Balaban J connectivity index is 1.54. The fourth-order valence-corrected chi connectivity index (χ4v) is 3.31. The summed E-state index contributed by atoms with van der Waals surface area (Å²) in [6.45, 7) is 7.09. The van der Waals surface area contributed by atoms with E-state index in [0.717, 1.165) is 43.8 Å². The second-order valence-electron chi connectivity index (χ2n) is 6.79. The molecule has 2 aromatic rings. The second-order valence-corrected chi connectivity index (χ2v) is 6.79. The first-order valence-corrected chi connectivity index (χ1v) is 9.34. The lowest BCUT2D eigenvalue weighted by Crippen LogP contribution is -2.20. The van der Waals surface area contributed by atoms with Gasteiger partial charge in [0.25, 0.3) is 0 Å². The third-order valence-corrected chi connectivity index (χ3v) is 4.79. The van der Waals surface area contributed by atoms with Gasteiger partial charge in [-0.3, -0.25) is 4.79 Å². The average Bonchev–Trinajstić information content (AvgIpc) is 2.70. The molecule has 1 aliphatic carbocycles. The van der Waals surface area contributed by atoms with Gasteiger partial charge in [0.15, 0.2) is 5.78 Å². The number of aryl methyl sites for hydroxylation is 1. The predicted molar refractivity (Wildman–Crippen MR) is 104 cm³/mol. The van der Waals surface area contributed by atoms with Crippen LogP contribution in [0.5, 0.6) is 11.5 Å². The Kier molecular flexibility index (Phi) is 6.11. The predicted octanol–water partition coefficient (Wildman–Crippen LogP) is 5.03. The minimum Gasteiger partial charge on any atom is -0.494 e. The first-order valence-electron chi connectivity index (χ1n) is 9.34. The molecule has 3 heteroatoms. The molecule has 0 aromatic heterocycles. The fourth-order valence-electron chi connectivity index (χ4n) is 3.31. The summed E-state index contributed by atoms with van der Waals surface area (Å²) >= 11 is 0. The minimum absolute atomic E-state index is 0.0669. The Morgan fingerprint density at radius 2 is 1.88 bits per heavy atom. The van der Waals surface area contributed by atoms with E-state index in [9.17, 15) is 4.79 Å². The van der Waals surface area contributed by atoms with Crippen LogP contribution in [-0.4, -0.2) is 19.0 Å². The summed E-state index contributed by atoms with van der Waals surface area (Å²) in [6.07, 6.45) is 5.58. The van der Waals surface area contributed by atoms with Crippen molar-refractivity contribution >= 4 is 5.78 Å². The first kappa shape index (κ1) is 18.2. The van der Waals surface area contributed by atoms with Gasteiger partial charge in [-0.1, -0.05) is 19.6 Å². The number of fused-ring (bicyclic) bond motifs is 1. The van der Waals surface area contributed by atoms with Crippen LogP contribution in [-0.2, 0) is 12.8 Å². The van der Waals surface area contributed by atoms with Gasteiger partial charge in [-0.25, -0.2) is 0 Å². The molecule has 136 valence electrons. The first-order chi connectivity index (χ1) is 12.7. The van der Waals surface area contributed by atoms with Gasteiger partial charge in [-0.15, -0.1) is 0 Å².